The number of hydrogen-bond acceptors (Lipinski definition) is 3. The number of halogens is 1. The first-order valence-electron chi connectivity index (χ1n) is 9.94. The molecule has 0 aromatic heterocycles. The Kier molecular flexibility index (Phi) is 7.31. The van der Waals surface area contributed by atoms with Gasteiger partial charge in [-0.05, 0) is 30.5 Å². The minimum absolute atomic E-state index is 0.0963. The summed E-state index contributed by atoms with van der Waals surface area (Å²) in [7, 11) is 0. The van der Waals surface area contributed by atoms with Crippen LogP contribution in [-0.2, 0) is 11.2 Å². The standard InChI is InChI=1S/C23H27FN2O2/c24-21-11-9-19(10-12-21)13-14-25-15-17-26(18-16-25)23(28)8-4-7-22(27)20-5-2-1-3-6-20/h1-3,5-6,9-12H,4,7-8,13-18H2. The molecule has 1 aliphatic heterocycles. The number of piperazine rings is 1. The largest absolute Gasteiger partial charge is 0.340 e. The van der Waals surface area contributed by atoms with Crippen molar-refractivity contribution >= 4 is 11.7 Å². The Labute approximate surface area is 166 Å². The second-order valence-electron chi connectivity index (χ2n) is 7.24. The van der Waals surface area contributed by atoms with Gasteiger partial charge in [-0.3, -0.25) is 14.5 Å². The highest BCUT2D eigenvalue weighted by Crippen LogP contribution is 2.11. The molecule has 0 atom stereocenters. The molecular weight excluding hydrogens is 355 g/mol. The van der Waals surface area contributed by atoms with E-state index in [9.17, 15) is 14.0 Å². The zero-order valence-electron chi connectivity index (χ0n) is 16.1. The number of hydrogen-bond donors (Lipinski definition) is 0. The van der Waals surface area contributed by atoms with Crippen molar-refractivity contribution in [2.75, 3.05) is 32.7 Å². The highest BCUT2D eigenvalue weighted by Gasteiger charge is 2.20. The average Bonchev–Trinajstić information content (AvgIpc) is 2.74. The lowest BCUT2D eigenvalue weighted by atomic mass is 10.1. The molecule has 0 unspecified atom stereocenters. The first-order valence-corrected chi connectivity index (χ1v) is 9.94. The van der Waals surface area contributed by atoms with Crippen LogP contribution in [0.3, 0.4) is 0 Å². The summed E-state index contributed by atoms with van der Waals surface area (Å²) in [5.41, 5.74) is 1.84. The third-order valence-corrected chi connectivity index (χ3v) is 5.25. The van der Waals surface area contributed by atoms with Crippen molar-refractivity contribution in [2.45, 2.75) is 25.7 Å². The summed E-state index contributed by atoms with van der Waals surface area (Å²) in [6, 6.07) is 15.9. The number of rotatable bonds is 8. The predicted octanol–water partition coefficient (Wildman–Crippen LogP) is 3.57. The van der Waals surface area contributed by atoms with Gasteiger partial charge in [0.2, 0.25) is 5.91 Å². The normalized spacial score (nSPS) is 14.8. The Bertz CT molecular complexity index is 769. The van der Waals surface area contributed by atoms with Crippen molar-refractivity contribution in [2.24, 2.45) is 0 Å². The summed E-state index contributed by atoms with van der Waals surface area (Å²) in [4.78, 5) is 28.7. The lowest BCUT2D eigenvalue weighted by Gasteiger charge is -2.34. The van der Waals surface area contributed by atoms with Gasteiger partial charge in [0.1, 0.15) is 5.82 Å². The van der Waals surface area contributed by atoms with Gasteiger partial charge in [0.15, 0.2) is 5.78 Å². The van der Waals surface area contributed by atoms with Crippen LogP contribution < -0.4 is 0 Å². The monoisotopic (exact) mass is 382 g/mol. The number of Topliss-reactive ketones (excluding diaryl/α,β-unsaturated/α-hetero) is 1. The van der Waals surface area contributed by atoms with Gasteiger partial charge in [-0.25, -0.2) is 4.39 Å². The molecule has 3 rings (SSSR count). The first kappa shape index (κ1) is 20.2. The van der Waals surface area contributed by atoms with Crippen molar-refractivity contribution in [3.63, 3.8) is 0 Å². The van der Waals surface area contributed by atoms with Gasteiger partial charge in [-0.2, -0.15) is 0 Å². The van der Waals surface area contributed by atoms with E-state index in [-0.39, 0.29) is 17.5 Å². The molecule has 5 heteroatoms. The smallest absolute Gasteiger partial charge is 0.222 e. The van der Waals surface area contributed by atoms with E-state index in [1.165, 1.54) is 12.1 Å². The molecule has 2 aromatic rings. The number of nitrogens with zero attached hydrogens (tertiary/aromatic N) is 2. The van der Waals surface area contributed by atoms with E-state index in [1.807, 2.05) is 47.4 Å². The number of benzene rings is 2. The highest BCUT2D eigenvalue weighted by atomic mass is 19.1. The minimum Gasteiger partial charge on any atom is -0.340 e. The molecule has 1 heterocycles. The summed E-state index contributed by atoms with van der Waals surface area (Å²) in [6.07, 6.45) is 2.31. The van der Waals surface area contributed by atoms with E-state index in [0.717, 1.165) is 44.7 Å². The van der Waals surface area contributed by atoms with Gasteiger partial charge in [0, 0.05) is 51.1 Å². The zero-order valence-corrected chi connectivity index (χ0v) is 16.1. The third kappa shape index (κ3) is 5.99. The fourth-order valence-electron chi connectivity index (χ4n) is 3.49. The average molecular weight is 382 g/mol. The highest BCUT2D eigenvalue weighted by molar-refractivity contribution is 5.96. The topological polar surface area (TPSA) is 40.6 Å². The van der Waals surface area contributed by atoms with E-state index >= 15 is 0 Å². The molecule has 0 spiro atoms. The molecule has 2 aromatic carbocycles. The molecule has 1 aliphatic rings. The summed E-state index contributed by atoms with van der Waals surface area (Å²) in [5, 5.41) is 0. The van der Waals surface area contributed by atoms with Crippen LogP contribution in [0, 0.1) is 5.82 Å². The zero-order chi connectivity index (χ0) is 19.8. The van der Waals surface area contributed by atoms with Crippen LogP contribution in [0.1, 0.15) is 35.2 Å². The van der Waals surface area contributed by atoms with E-state index in [4.69, 9.17) is 0 Å². The van der Waals surface area contributed by atoms with Gasteiger partial charge in [-0.1, -0.05) is 42.5 Å². The number of carbonyl (C=O) groups is 2. The number of carbonyl (C=O) groups excluding carboxylic acids is 2. The maximum atomic E-state index is 13.0. The Morgan fingerprint density at radius 1 is 0.857 bits per heavy atom. The molecule has 1 amide bonds. The third-order valence-electron chi connectivity index (χ3n) is 5.25. The molecule has 0 bridgehead atoms. The van der Waals surface area contributed by atoms with Crippen LogP contribution in [0.15, 0.2) is 54.6 Å². The van der Waals surface area contributed by atoms with Crippen molar-refractivity contribution in [3.05, 3.63) is 71.5 Å². The van der Waals surface area contributed by atoms with Gasteiger partial charge >= 0.3 is 0 Å². The molecule has 148 valence electrons. The lowest BCUT2D eigenvalue weighted by molar-refractivity contribution is -0.133. The van der Waals surface area contributed by atoms with Gasteiger partial charge < -0.3 is 4.90 Å². The van der Waals surface area contributed by atoms with Gasteiger partial charge in [0.25, 0.3) is 0 Å². The van der Waals surface area contributed by atoms with Crippen LogP contribution >= 0.6 is 0 Å². The van der Waals surface area contributed by atoms with Gasteiger partial charge in [0.05, 0.1) is 0 Å². The van der Waals surface area contributed by atoms with E-state index in [0.29, 0.717) is 24.8 Å². The summed E-state index contributed by atoms with van der Waals surface area (Å²) < 4.78 is 13.0. The van der Waals surface area contributed by atoms with Crippen LogP contribution in [0.2, 0.25) is 0 Å². The van der Waals surface area contributed by atoms with Crippen LogP contribution in [0.4, 0.5) is 4.39 Å². The first-order chi connectivity index (χ1) is 13.6. The molecule has 28 heavy (non-hydrogen) atoms. The molecule has 0 N–H and O–H groups in total. The predicted molar refractivity (Wildman–Crippen MR) is 108 cm³/mol. The van der Waals surface area contributed by atoms with Gasteiger partial charge in [-0.15, -0.1) is 0 Å². The SMILES string of the molecule is O=C(CCCC(=O)N1CCN(CCc2ccc(F)cc2)CC1)c1ccccc1. The van der Waals surface area contributed by atoms with Crippen LogP contribution in [0.25, 0.3) is 0 Å². The molecule has 4 nitrogen and oxygen atoms in total. The minimum atomic E-state index is -0.207. The van der Waals surface area contributed by atoms with E-state index in [1.54, 1.807) is 0 Å². The van der Waals surface area contributed by atoms with Crippen LogP contribution in [0.5, 0.6) is 0 Å². The second kappa shape index (κ2) is 10.1. The Morgan fingerprint density at radius 3 is 2.21 bits per heavy atom. The van der Waals surface area contributed by atoms with Crippen molar-refractivity contribution < 1.29 is 14.0 Å². The molecule has 1 fully saturated rings. The Hall–Kier alpha value is -2.53. The summed E-state index contributed by atoms with van der Waals surface area (Å²) in [5.74, 6) is 0.0272. The quantitative estimate of drug-likeness (QED) is 0.656. The van der Waals surface area contributed by atoms with Crippen molar-refractivity contribution in [3.8, 4) is 0 Å². The molecule has 0 saturated carbocycles. The second-order valence-corrected chi connectivity index (χ2v) is 7.24. The maximum Gasteiger partial charge on any atom is 0.222 e. The summed E-state index contributed by atoms with van der Waals surface area (Å²) >= 11 is 0. The fourth-order valence-corrected chi connectivity index (χ4v) is 3.49. The Morgan fingerprint density at radius 2 is 1.54 bits per heavy atom. The Balaban J connectivity index is 1.33. The van der Waals surface area contributed by atoms with E-state index in [2.05, 4.69) is 4.90 Å². The number of ketones is 1. The molecule has 0 radical (unpaired) electrons. The fraction of sp³-hybridized carbons (Fsp3) is 0.391. The van der Waals surface area contributed by atoms with Crippen molar-refractivity contribution in [1.29, 1.82) is 0 Å². The molecule has 1 saturated heterocycles. The number of amides is 1. The van der Waals surface area contributed by atoms with E-state index < -0.39 is 0 Å². The van der Waals surface area contributed by atoms with Crippen LogP contribution in [-0.4, -0.2) is 54.2 Å². The molecule has 0 aliphatic carbocycles. The summed E-state index contributed by atoms with van der Waals surface area (Å²) in [6.45, 7) is 4.09. The maximum absolute atomic E-state index is 13.0. The lowest BCUT2D eigenvalue weighted by Crippen LogP contribution is -2.49. The van der Waals surface area contributed by atoms with Crippen molar-refractivity contribution in [1.82, 2.24) is 9.80 Å². The molecular formula is C23H27FN2O2.